The highest BCUT2D eigenvalue weighted by Crippen LogP contribution is 2.26. The lowest BCUT2D eigenvalue weighted by Crippen LogP contribution is -2.39. The van der Waals surface area contributed by atoms with Crippen molar-refractivity contribution in [2.45, 2.75) is 37.6 Å². The number of carbonyl (C=O) groups is 1. The Labute approximate surface area is 159 Å². The second kappa shape index (κ2) is 8.06. The number of piperidine rings is 1. The van der Waals surface area contributed by atoms with Crippen LogP contribution in [0.3, 0.4) is 0 Å². The number of pyridine rings is 1. The summed E-state index contributed by atoms with van der Waals surface area (Å²) in [6.45, 7) is 2.83. The lowest BCUT2D eigenvalue weighted by Gasteiger charge is -2.26. The van der Waals surface area contributed by atoms with Crippen LogP contribution in [-0.2, 0) is 21.4 Å². The molecule has 3 rings (SSSR count). The maximum absolute atomic E-state index is 13.0. The number of aryl methyl sites for hydroxylation is 1. The number of carbonyl (C=O) groups excluding carboxylic acids is 1. The minimum absolute atomic E-state index is 0.0104. The highest BCUT2D eigenvalue weighted by atomic mass is 32.2. The van der Waals surface area contributed by atoms with Crippen LogP contribution in [0.2, 0.25) is 0 Å². The normalized spacial score (nSPS) is 15.4. The van der Waals surface area contributed by atoms with E-state index in [1.807, 2.05) is 0 Å². The number of benzene rings is 1. The van der Waals surface area contributed by atoms with Gasteiger partial charge in [0.15, 0.2) is 11.9 Å². The van der Waals surface area contributed by atoms with Crippen molar-refractivity contribution < 1.29 is 22.9 Å². The molecule has 7 nitrogen and oxygen atoms in total. The third-order valence-corrected chi connectivity index (χ3v) is 6.61. The topological polar surface area (TPSA) is 90.6 Å². The highest BCUT2D eigenvalue weighted by Gasteiger charge is 2.27. The van der Waals surface area contributed by atoms with Crippen LogP contribution in [0.1, 0.15) is 24.8 Å². The second-order valence-electron chi connectivity index (χ2n) is 6.73. The Morgan fingerprint density at radius 3 is 2.67 bits per heavy atom. The van der Waals surface area contributed by atoms with Gasteiger partial charge in [0.05, 0.1) is 4.90 Å². The van der Waals surface area contributed by atoms with Crippen LogP contribution in [0.5, 0.6) is 5.75 Å². The van der Waals surface area contributed by atoms with Gasteiger partial charge in [-0.3, -0.25) is 4.79 Å². The summed E-state index contributed by atoms with van der Waals surface area (Å²) >= 11 is 0. The van der Waals surface area contributed by atoms with E-state index in [1.54, 1.807) is 35.9 Å². The number of nitrogens with one attached hydrogen (secondary N) is 1. The molecular formula is C19H24N3O4S+. The molecule has 0 aliphatic carbocycles. The number of amides is 1. The molecule has 1 saturated heterocycles. The molecule has 1 fully saturated rings. The van der Waals surface area contributed by atoms with Crippen molar-refractivity contribution in [1.82, 2.24) is 4.31 Å². The molecule has 0 unspecified atom stereocenters. The first-order chi connectivity index (χ1) is 12.9. The molecule has 1 aliphatic heterocycles. The summed E-state index contributed by atoms with van der Waals surface area (Å²) in [5.41, 5.74) is 1.09. The molecule has 8 heteroatoms. The number of aromatic hydroxyl groups is 1. The third-order valence-electron chi connectivity index (χ3n) is 4.57. The maximum Gasteiger partial charge on any atom is 0.290 e. The van der Waals surface area contributed by atoms with Gasteiger partial charge < -0.3 is 10.4 Å². The SMILES string of the molecule is Cc1ccc(NC(=O)C[n+]2cccc(O)c2)cc1S(=O)(=O)N1CCCCC1. The second-order valence-corrected chi connectivity index (χ2v) is 8.63. The molecule has 0 spiro atoms. The summed E-state index contributed by atoms with van der Waals surface area (Å²) in [6, 6.07) is 8.07. The molecule has 0 bridgehead atoms. The molecule has 0 atom stereocenters. The predicted molar refractivity (Wildman–Crippen MR) is 101 cm³/mol. The minimum Gasteiger partial charge on any atom is -0.503 e. The van der Waals surface area contributed by atoms with Crippen molar-refractivity contribution in [2.75, 3.05) is 18.4 Å². The summed E-state index contributed by atoms with van der Waals surface area (Å²) in [7, 11) is -3.57. The standard InChI is InChI=1S/C19H23N3O4S/c1-15-7-8-16(20-19(24)14-21-9-5-6-17(23)13-21)12-18(15)27(25,26)22-10-3-2-4-11-22/h5-9,12-13H,2-4,10-11,14H2,1H3,(H-,20,23,24)/p+1. The van der Waals surface area contributed by atoms with E-state index in [9.17, 15) is 18.3 Å². The van der Waals surface area contributed by atoms with E-state index in [0.29, 0.717) is 24.3 Å². The summed E-state index contributed by atoms with van der Waals surface area (Å²) in [5.74, 6) is -0.244. The third kappa shape index (κ3) is 4.64. The molecule has 144 valence electrons. The summed E-state index contributed by atoms with van der Waals surface area (Å²) in [5, 5.41) is 12.2. The lowest BCUT2D eigenvalue weighted by molar-refractivity contribution is -0.684. The number of rotatable bonds is 5. The molecule has 1 amide bonds. The van der Waals surface area contributed by atoms with Gasteiger partial charge in [-0.15, -0.1) is 0 Å². The molecule has 0 radical (unpaired) electrons. The zero-order valence-corrected chi connectivity index (χ0v) is 16.1. The van der Waals surface area contributed by atoms with Crippen molar-refractivity contribution in [3.8, 4) is 5.75 Å². The van der Waals surface area contributed by atoms with Crippen LogP contribution in [0.15, 0.2) is 47.6 Å². The number of anilines is 1. The van der Waals surface area contributed by atoms with Crippen molar-refractivity contribution in [1.29, 1.82) is 0 Å². The fourth-order valence-electron chi connectivity index (χ4n) is 3.17. The Bertz CT molecular complexity index is 938. The van der Waals surface area contributed by atoms with Crippen LogP contribution in [0, 0.1) is 6.92 Å². The molecule has 1 aliphatic rings. The van der Waals surface area contributed by atoms with Gasteiger partial charge in [0.1, 0.15) is 0 Å². The average molecular weight is 390 g/mol. The van der Waals surface area contributed by atoms with Gasteiger partial charge in [-0.1, -0.05) is 12.5 Å². The molecule has 27 heavy (non-hydrogen) atoms. The van der Waals surface area contributed by atoms with Crippen molar-refractivity contribution >= 4 is 21.6 Å². The van der Waals surface area contributed by atoms with E-state index < -0.39 is 10.0 Å². The van der Waals surface area contributed by atoms with Crippen LogP contribution in [0.25, 0.3) is 0 Å². The van der Waals surface area contributed by atoms with Crippen LogP contribution >= 0.6 is 0 Å². The molecule has 2 heterocycles. The number of sulfonamides is 1. The average Bonchev–Trinajstić information content (AvgIpc) is 2.64. The van der Waals surface area contributed by atoms with Crippen LogP contribution in [-0.4, -0.2) is 36.8 Å². The van der Waals surface area contributed by atoms with Crippen LogP contribution < -0.4 is 9.88 Å². The van der Waals surface area contributed by atoms with E-state index in [2.05, 4.69) is 5.32 Å². The molecular weight excluding hydrogens is 366 g/mol. The number of hydrogen-bond donors (Lipinski definition) is 2. The molecule has 0 saturated carbocycles. The Morgan fingerprint density at radius 2 is 1.96 bits per heavy atom. The summed E-state index contributed by atoms with van der Waals surface area (Å²) in [6.07, 6.45) is 5.90. The highest BCUT2D eigenvalue weighted by molar-refractivity contribution is 7.89. The first-order valence-electron chi connectivity index (χ1n) is 8.95. The largest absolute Gasteiger partial charge is 0.503 e. The van der Waals surface area contributed by atoms with E-state index in [0.717, 1.165) is 19.3 Å². The first-order valence-corrected chi connectivity index (χ1v) is 10.4. The Morgan fingerprint density at radius 1 is 1.22 bits per heavy atom. The zero-order chi connectivity index (χ0) is 19.4. The number of hydrogen-bond acceptors (Lipinski definition) is 4. The van der Waals surface area contributed by atoms with Gasteiger partial charge in [-0.05, 0) is 43.5 Å². The van der Waals surface area contributed by atoms with Gasteiger partial charge in [0.25, 0.3) is 5.91 Å². The Balaban J connectivity index is 1.77. The fourth-order valence-corrected chi connectivity index (χ4v) is 4.94. The molecule has 2 aromatic rings. The summed E-state index contributed by atoms with van der Waals surface area (Å²) in [4.78, 5) is 12.5. The molecule has 2 N–H and O–H groups in total. The molecule has 1 aromatic heterocycles. The van der Waals surface area contributed by atoms with Gasteiger partial charge in [-0.2, -0.15) is 8.87 Å². The Hall–Kier alpha value is -2.45. The monoisotopic (exact) mass is 390 g/mol. The van der Waals surface area contributed by atoms with E-state index in [1.165, 1.54) is 22.6 Å². The minimum atomic E-state index is -3.57. The van der Waals surface area contributed by atoms with Crippen LogP contribution in [0.4, 0.5) is 5.69 Å². The first kappa shape index (κ1) is 19.3. The fraction of sp³-hybridized carbons (Fsp3) is 0.368. The van der Waals surface area contributed by atoms with E-state index in [4.69, 9.17) is 0 Å². The van der Waals surface area contributed by atoms with Crippen molar-refractivity contribution in [3.63, 3.8) is 0 Å². The number of nitrogens with zero attached hydrogens (tertiary/aromatic N) is 2. The van der Waals surface area contributed by atoms with E-state index >= 15 is 0 Å². The lowest BCUT2D eigenvalue weighted by atomic mass is 10.2. The molecule has 1 aromatic carbocycles. The predicted octanol–water partition coefficient (Wildman–Crippen LogP) is 1.80. The van der Waals surface area contributed by atoms with E-state index in [-0.39, 0.29) is 23.1 Å². The maximum atomic E-state index is 13.0. The smallest absolute Gasteiger partial charge is 0.290 e. The van der Waals surface area contributed by atoms with Gasteiger partial charge in [0.2, 0.25) is 22.8 Å². The van der Waals surface area contributed by atoms with Gasteiger partial charge in [0, 0.05) is 24.8 Å². The van der Waals surface area contributed by atoms with Gasteiger partial charge in [-0.25, -0.2) is 8.42 Å². The van der Waals surface area contributed by atoms with Gasteiger partial charge >= 0.3 is 0 Å². The quantitative estimate of drug-likeness (QED) is 0.762. The summed E-state index contributed by atoms with van der Waals surface area (Å²) < 4.78 is 29.0. The Kier molecular flexibility index (Phi) is 5.76. The van der Waals surface area contributed by atoms with Crippen molar-refractivity contribution in [2.24, 2.45) is 0 Å². The zero-order valence-electron chi connectivity index (χ0n) is 15.3. The number of aromatic nitrogens is 1. The van der Waals surface area contributed by atoms with Crippen molar-refractivity contribution in [3.05, 3.63) is 48.3 Å².